The van der Waals surface area contributed by atoms with E-state index in [9.17, 15) is 4.79 Å². The summed E-state index contributed by atoms with van der Waals surface area (Å²) in [5, 5.41) is 8.75. The maximum Gasteiger partial charge on any atom is 0.511 e. The van der Waals surface area contributed by atoms with Gasteiger partial charge in [-0.25, -0.2) is 4.79 Å². The van der Waals surface area contributed by atoms with E-state index in [1.165, 1.54) is 37.7 Å². The number of unbranched alkanes of at least 4 members (excludes halogenated alkanes) is 5. The summed E-state index contributed by atoms with van der Waals surface area (Å²) in [6.45, 7) is 4.26. The van der Waals surface area contributed by atoms with Crippen LogP contribution in [0.4, 0.5) is 4.79 Å². The number of carboxylic acid groups (broad SMARTS) is 1. The van der Waals surface area contributed by atoms with Crippen LogP contribution in [0.25, 0.3) is 0 Å². The van der Waals surface area contributed by atoms with Crippen LogP contribution in [-0.4, -0.2) is 11.3 Å². The first-order chi connectivity index (χ1) is 9.69. The van der Waals surface area contributed by atoms with Crippen molar-refractivity contribution in [1.82, 2.24) is 0 Å². The van der Waals surface area contributed by atoms with Crippen molar-refractivity contribution < 1.29 is 14.6 Å². The minimum atomic E-state index is -1.24. The first-order valence-electron chi connectivity index (χ1n) is 7.70. The second kappa shape index (κ2) is 9.40. The smallest absolute Gasteiger partial charge is 0.449 e. The summed E-state index contributed by atoms with van der Waals surface area (Å²) in [4.78, 5) is 10.7. The molecule has 1 aromatic carbocycles. The van der Waals surface area contributed by atoms with Crippen LogP contribution in [0.2, 0.25) is 0 Å². The highest BCUT2D eigenvalue weighted by atomic mass is 16.7. The van der Waals surface area contributed by atoms with Gasteiger partial charge in [0.25, 0.3) is 0 Å². The van der Waals surface area contributed by atoms with Crippen molar-refractivity contribution in [2.24, 2.45) is 0 Å². The molecule has 0 heterocycles. The topological polar surface area (TPSA) is 46.5 Å². The largest absolute Gasteiger partial charge is 0.511 e. The molecular formula is C17H26O3. The highest BCUT2D eigenvalue weighted by molar-refractivity contribution is 5.62. The fourth-order valence-electron chi connectivity index (χ4n) is 2.53. The molecule has 0 atom stereocenters. The van der Waals surface area contributed by atoms with Gasteiger partial charge < -0.3 is 9.84 Å². The van der Waals surface area contributed by atoms with E-state index >= 15 is 0 Å². The van der Waals surface area contributed by atoms with Crippen molar-refractivity contribution in [3.05, 3.63) is 29.3 Å². The molecule has 0 radical (unpaired) electrons. The van der Waals surface area contributed by atoms with Crippen molar-refractivity contribution in [3.8, 4) is 5.75 Å². The molecular weight excluding hydrogens is 252 g/mol. The molecule has 0 bridgehead atoms. The molecule has 3 nitrogen and oxygen atoms in total. The Balaban J connectivity index is 2.54. The lowest BCUT2D eigenvalue weighted by molar-refractivity contribution is 0.144. The van der Waals surface area contributed by atoms with Crippen LogP contribution in [0, 0.1) is 0 Å². The first kappa shape index (κ1) is 16.5. The van der Waals surface area contributed by atoms with Crippen LogP contribution >= 0.6 is 0 Å². The number of hydrogen-bond donors (Lipinski definition) is 1. The van der Waals surface area contributed by atoms with Crippen molar-refractivity contribution in [1.29, 1.82) is 0 Å². The maximum atomic E-state index is 10.7. The lowest BCUT2D eigenvalue weighted by Crippen LogP contribution is -2.06. The van der Waals surface area contributed by atoms with Gasteiger partial charge in [0.05, 0.1) is 0 Å². The molecule has 0 amide bonds. The minimum absolute atomic E-state index is 0.489. The molecule has 0 aliphatic carbocycles. The highest BCUT2D eigenvalue weighted by Gasteiger charge is 2.10. The molecule has 112 valence electrons. The van der Waals surface area contributed by atoms with Crippen LogP contribution in [0.3, 0.4) is 0 Å². The van der Waals surface area contributed by atoms with Crippen LogP contribution in [0.5, 0.6) is 5.75 Å². The van der Waals surface area contributed by atoms with Gasteiger partial charge in [-0.1, -0.05) is 58.1 Å². The van der Waals surface area contributed by atoms with E-state index in [2.05, 4.69) is 13.0 Å². The molecule has 3 heteroatoms. The Kier molecular flexibility index (Phi) is 7.78. The van der Waals surface area contributed by atoms with Crippen LogP contribution in [-0.2, 0) is 12.8 Å². The van der Waals surface area contributed by atoms with Crippen LogP contribution < -0.4 is 4.74 Å². The van der Waals surface area contributed by atoms with Gasteiger partial charge in [-0.15, -0.1) is 0 Å². The van der Waals surface area contributed by atoms with Gasteiger partial charge >= 0.3 is 6.16 Å². The number of aryl methyl sites for hydroxylation is 1. The van der Waals surface area contributed by atoms with Crippen molar-refractivity contribution in [2.45, 2.75) is 65.2 Å². The molecule has 0 fully saturated rings. The van der Waals surface area contributed by atoms with E-state index < -0.39 is 6.16 Å². The lowest BCUT2D eigenvalue weighted by atomic mass is 9.98. The number of ether oxygens (including phenoxy) is 1. The third-order valence-electron chi connectivity index (χ3n) is 3.58. The first-order valence-corrected chi connectivity index (χ1v) is 7.70. The monoisotopic (exact) mass is 278 g/mol. The van der Waals surface area contributed by atoms with Crippen molar-refractivity contribution in [3.63, 3.8) is 0 Å². The summed E-state index contributed by atoms with van der Waals surface area (Å²) < 4.78 is 4.85. The molecule has 1 N–H and O–H groups in total. The summed E-state index contributed by atoms with van der Waals surface area (Å²) >= 11 is 0. The van der Waals surface area contributed by atoms with Gasteiger partial charge in [-0.2, -0.15) is 0 Å². The predicted octanol–water partition coefficient (Wildman–Crippen LogP) is 5.21. The Hall–Kier alpha value is -1.51. The SMILES string of the molecule is CCCCCCCCc1cccc(OC(=O)O)c1CC. The van der Waals surface area contributed by atoms with Crippen molar-refractivity contribution in [2.75, 3.05) is 0 Å². The molecule has 1 aromatic rings. The molecule has 0 spiro atoms. The Bertz CT molecular complexity index is 413. The minimum Gasteiger partial charge on any atom is -0.449 e. The van der Waals surface area contributed by atoms with E-state index in [0.29, 0.717) is 5.75 Å². The highest BCUT2D eigenvalue weighted by Crippen LogP contribution is 2.25. The van der Waals surface area contributed by atoms with Crippen molar-refractivity contribution >= 4 is 6.16 Å². The summed E-state index contributed by atoms with van der Waals surface area (Å²) in [6, 6.07) is 5.70. The predicted molar refractivity (Wildman–Crippen MR) is 81.6 cm³/mol. The van der Waals surface area contributed by atoms with Gasteiger partial charge in [0.15, 0.2) is 0 Å². The third kappa shape index (κ3) is 5.64. The number of rotatable bonds is 9. The molecule has 0 aromatic heterocycles. The van der Waals surface area contributed by atoms with Gasteiger partial charge in [-0.05, 0) is 36.5 Å². The summed E-state index contributed by atoms with van der Waals surface area (Å²) in [5.74, 6) is 0.489. The van der Waals surface area contributed by atoms with Crippen LogP contribution in [0.15, 0.2) is 18.2 Å². The third-order valence-corrected chi connectivity index (χ3v) is 3.58. The average Bonchev–Trinajstić information content (AvgIpc) is 2.42. The Morgan fingerprint density at radius 2 is 1.80 bits per heavy atom. The van der Waals surface area contributed by atoms with Gasteiger partial charge in [0, 0.05) is 0 Å². The van der Waals surface area contributed by atoms with E-state index in [1.807, 2.05) is 13.0 Å². The standard InChI is InChI=1S/C17H26O3/c1-3-5-6-7-8-9-11-14-12-10-13-16(15(14)4-2)20-17(18)19/h10,12-13H,3-9,11H2,1-2H3,(H,18,19). The number of carbonyl (C=O) groups is 1. The van der Waals surface area contributed by atoms with Gasteiger partial charge in [0.1, 0.15) is 5.75 Å². The molecule has 0 unspecified atom stereocenters. The summed E-state index contributed by atoms with van der Waals surface area (Å²) in [6.07, 6.45) is 8.18. The molecule has 0 saturated heterocycles. The van der Waals surface area contributed by atoms with E-state index in [0.717, 1.165) is 24.8 Å². The lowest BCUT2D eigenvalue weighted by Gasteiger charge is -2.12. The zero-order valence-corrected chi connectivity index (χ0v) is 12.7. The Labute approximate surface area is 122 Å². The normalized spacial score (nSPS) is 10.5. The summed E-state index contributed by atoms with van der Waals surface area (Å²) in [7, 11) is 0. The van der Waals surface area contributed by atoms with E-state index in [-0.39, 0.29) is 0 Å². The zero-order valence-electron chi connectivity index (χ0n) is 12.7. The Morgan fingerprint density at radius 1 is 1.10 bits per heavy atom. The van der Waals surface area contributed by atoms with Gasteiger partial charge in [0.2, 0.25) is 0 Å². The average molecular weight is 278 g/mol. The van der Waals surface area contributed by atoms with Crippen LogP contribution in [0.1, 0.15) is 63.5 Å². The zero-order chi connectivity index (χ0) is 14.8. The fraction of sp³-hybridized carbons (Fsp3) is 0.588. The van der Waals surface area contributed by atoms with E-state index in [4.69, 9.17) is 9.84 Å². The second-order valence-electron chi connectivity index (χ2n) is 5.13. The van der Waals surface area contributed by atoms with E-state index in [1.54, 1.807) is 6.07 Å². The molecule has 20 heavy (non-hydrogen) atoms. The maximum absolute atomic E-state index is 10.7. The molecule has 0 saturated carbocycles. The molecule has 0 aliphatic heterocycles. The quantitative estimate of drug-likeness (QED) is 0.383. The second-order valence-corrected chi connectivity index (χ2v) is 5.13. The molecule has 1 rings (SSSR count). The molecule has 0 aliphatic rings. The number of hydrogen-bond acceptors (Lipinski definition) is 2. The number of benzene rings is 1. The Morgan fingerprint density at radius 3 is 2.45 bits per heavy atom. The fourth-order valence-corrected chi connectivity index (χ4v) is 2.53. The summed E-state index contributed by atoms with van der Waals surface area (Å²) in [5.41, 5.74) is 2.25. The van der Waals surface area contributed by atoms with Gasteiger partial charge in [-0.3, -0.25) is 0 Å².